The van der Waals surface area contributed by atoms with Crippen LogP contribution in [0.15, 0.2) is 35.7 Å². The van der Waals surface area contributed by atoms with Crippen molar-refractivity contribution >= 4 is 28.1 Å². The van der Waals surface area contributed by atoms with E-state index in [9.17, 15) is 0 Å². The summed E-state index contributed by atoms with van der Waals surface area (Å²) in [4.78, 5) is 6.55. The third-order valence-electron chi connectivity index (χ3n) is 2.58. The van der Waals surface area contributed by atoms with Crippen LogP contribution in [0.2, 0.25) is 5.15 Å². The SMILES string of the molecule is NCCCN(Cc1ccccc1)c1nc(Cl)cs1. The Bertz CT molecular complexity index is 472. The standard InChI is InChI=1S/C13H16ClN3S/c14-12-10-18-13(16-12)17(8-4-7-15)9-11-5-2-1-3-6-11/h1-3,5-6,10H,4,7-9,15H2. The minimum Gasteiger partial charge on any atom is -0.344 e. The number of rotatable bonds is 6. The van der Waals surface area contributed by atoms with Crippen molar-refractivity contribution in [3.63, 3.8) is 0 Å². The van der Waals surface area contributed by atoms with Gasteiger partial charge in [-0.2, -0.15) is 0 Å². The first-order valence-electron chi connectivity index (χ1n) is 5.89. The van der Waals surface area contributed by atoms with Gasteiger partial charge in [0.05, 0.1) is 0 Å². The molecule has 1 aromatic carbocycles. The average Bonchev–Trinajstić information content (AvgIpc) is 2.82. The number of hydrogen-bond donors (Lipinski definition) is 1. The Balaban J connectivity index is 2.10. The van der Waals surface area contributed by atoms with Crippen molar-refractivity contribution in [1.82, 2.24) is 4.98 Å². The van der Waals surface area contributed by atoms with E-state index in [-0.39, 0.29) is 0 Å². The highest BCUT2D eigenvalue weighted by Crippen LogP contribution is 2.24. The third kappa shape index (κ3) is 3.70. The molecule has 0 aliphatic rings. The van der Waals surface area contributed by atoms with Gasteiger partial charge >= 0.3 is 0 Å². The summed E-state index contributed by atoms with van der Waals surface area (Å²) in [6.45, 7) is 2.42. The fraction of sp³-hybridized carbons (Fsp3) is 0.308. The van der Waals surface area contributed by atoms with Crippen molar-refractivity contribution in [1.29, 1.82) is 0 Å². The van der Waals surface area contributed by atoms with E-state index in [0.29, 0.717) is 11.7 Å². The van der Waals surface area contributed by atoms with Crippen LogP contribution < -0.4 is 10.6 Å². The van der Waals surface area contributed by atoms with Gasteiger partial charge in [0.25, 0.3) is 0 Å². The first-order valence-corrected chi connectivity index (χ1v) is 7.15. The molecule has 0 spiro atoms. The molecule has 96 valence electrons. The Kier molecular flexibility index (Phi) is 4.99. The number of aromatic nitrogens is 1. The normalized spacial score (nSPS) is 10.6. The zero-order chi connectivity index (χ0) is 12.8. The lowest BCUT2D eigenvalue weighted by Gasteiger charge is -2.21. The number of anilines is 1. The summed E-state index contributed by atoms with van der Waals surface area (Å²) in [5.41, 5.74) is 6.85. The van der Waals surface area contributed by atoms with Crippen molar-refractivity contribution in [3.05, 3.63) is 46.4 Å². The van der Waals surface area contributed by atoms with Gasteiger partial charge in [-0.25, -0.2) is 4.98 Å². The van der Waals surface area contributed by atoms with Gasteiger partial charge < -0.3 is 10.6 Å². The fourth-order valence-corrected chi connectivity index (χ4v) is 2.69. The molecular weight excluding hydrogens is 266 g/mol. The molecule has 0 saturated heterocycles. The Labute approximate surface area is 116 Å². The first kappa shape index (κ1) is 13.3. The van der Waals surface area contributed by atoms with Crippen molar-refractivity contribution < 1.29 is 0 Å². The lowest BCUT2D eigenvalue weighted by Crippen LogP contribution is -2.25. The number of halogens is 1. The van der Waals surface area contributed by atoms with E-state index in [1.165, 1.54) is 5.56 Å². The summed E-state index contributed by atoms with van der Waals surface area (Å²) < 4.78 is 0. The van der Waals surface area contributed by atoms with Crippen LogP contribution in [0.5, 0.6) is 0 Å². The molecule has 2 aromatic rings. The van der Waals surface area contributed by atoms with Crippen molar-refractivity contribution in [3.8, 4) is 0 Å². The second kappa shape index (κ2) is 6.73. The van der Waals surface area contributed by atoms with Gasteiger partial charge in [-0.05, 0) is 18.5 Å². The minimum atomic E-state index is 0.556. The predicted octanol–water partition coefficient (Wildman–Crippen LogP) is 3.15. The quantitative estimate of drug-likeness (QED) is 0.884. The Morgan fingerprint density at radius 2 is 2.06 bits per heavy atom. The monoisotopic (exact) mass is 281 g/mol. The zero-order valence-electron chi connectivity index (χ0n) is 10.1. The van der Waals surface area contributed by atoms with Crippen molar-refractivity contribution in [2.75, 3.05) is 18.0 Å². The fourth-order valence-electron chi connectivity index (χ4n) is 1.72. The van der Waals surface area contributed by atoms with Crippen LogP contribution in [-0.4, -0.2) is 18.1 Å². The van der Waals surface area contributed by atoms with Crippen LogP contribution in [0.3, 0.4) is 0 Å². The predicted molar refractivity (Wildman–Crippen MR) is 78.3 cm³/mol. The Hall–Kier alpha value is -1.10. The van der Waals surface area contributed by atoms with E-state index in [0.717, 1.165) is 24.6 Å². The van der Waals surface area contributed by atoms with E-state index in [2.05, 4.69) is 22.0 Å². The van der Waals surface area contributed by atoms with Crippen LogP contribution >= 0.6 is 22.9 Å². The molecule has 5 heteroatoms. The summed E-state index contributed by atoms with van der Waals surface area (Å²) in [6, 6.07) is 10.3. The van der Waals surface area contributed by atoms with Gasteiger partial charge in [0.2, 0.25) is 0 Å². The number of thiazole rings is 1. The second-order valence-electron chi connectivity index (χ2n) is 4.00. The Morgan fingerprint density at radius 1 is 1.28 bits per heavy atom. The van der Waals surface area contributed by atoms with Gasteiger partial charge in [0.15, 0.2) is 5.13 Å². The molecule has 2 N–H and O–H groups in total. The van der Waals surface area contributed by atoms with Crippen LogP contribution in [0.25, 0.3) is 0 Å². The maximum Gasteiger partial charge on any atom is 0.187 e. The third-order valence-corrected chi connectivity index (χ3v) is 3.81. The largest absolute Gasteiger partial charge is 0.344 e. The van der Waals surface area contributed by atoms with E-state index in [1.807, 2.05) is 23.6 Å². The zero-order valence-corrected chi connectivity index (χ0v) is 11.6. The minimum absolute atomic E-state index is 0.556. The molecule has 0 amide bonds. The highest BCUT2D eigenvalue weighted by molar-refractivity contribution is 7.14. The van der Waals surface area contributed by atoms with Crippen LogP contribution in [0.4, 0.5) is 5.13 Å². The molecule has 0 aliphatic heterocycles. The van der Waals surface area contributed by atoms with Gasteiger partial charge in [0, 0.05) is 18.5 Å². The van der Waals surface area contributed by atoms with Crippen LogP contribution in [0, 0.1) is 0 Å². The summed E-state index contributed by atoms with van der Waals surface area (Å²) in [5, 5.41) is 3.37. The molecule has 2 rings (SSSR count). The molecule has 0 aliphatic carbocycles. The van der Waals surface area contributed by atoms with E-state index in [4.69, 9.17) is 17.3 Å². The number of benzene rings is 1. The van der Waals surface area contributed by atoms with Crippen molar-refractivity contribution in [2.45, 2.75) is 13.0 Å². The van der Waals surface area contributed by atoms with Gasteiger partial charge in [0.1, 0.15) is 5.15 Å². The number of nitrogens with zero attached hydrogens (tertiary/aromatic N) is 2. The smallest absolute Gasteiger partial charge is 0.187 e. The Morgan fingerprint density at radius 3 is 2.67 bits per heavy atom. The molecule has 0 atom stereocenters. The van der Waals surface area contributed by atoms with Gasteiger partial charge in [-0.3, -0.25) is 0 Å². The molecule has 1 heterocycles. The molecule has 1 aromatic heterocycles. The summed E-state index contributed by atoms with van der Waals surface area (Å²) in [6.07, 6.45) is 0.948. The molecule has 18 heavy (non-hydrogen) atoms. The van der Waals surface area contributed by atoms with Crippen LogP contribution in [0.1, 0.15) is 12.0 Å². The highest BCUT2D eigenvalue weighted by atomic mass is 35.5. The highest BCUT2D eigenvalue weighted by Gasteiger charge is 2.10. The van der Waals surface area contributed by atoms with Gasteiger partial charge in [-0.1, -0.05) is 41.9 Å². The van der Waals surface area contributed by atoms with Crippen molar-refractivity contribution in [2.24, 2.45) is 5.73 Å². The first-order chi connectivity index (χ1) is 8.79. The van der Waals surface area contributed by atoms with E-state index in [1.54, 1.807) is 11.3 Å². The maximum atomic E-state index is 5.89. The lowest BCUT2D eigenvalue weighted by molar-refractivity contribution is 0.733. The number of nitrogens with two attached hydrogens (primary N) is 1. The summed E-state index contributed by atoms with van der Waals surface area (Å²) >= 11 is 7.46. The summed E-state index contributed by atoms with van der Waals surface area (Å²) in [5.74, 6) is 0. The van der Waals surface area contributed by atoms with E-state index < -0.39 is 0 Å². The molecule has 0 unspecified atom stereocenters. The van der Waals surface area contributed by atoms with Crippen LogP contribution in [-0.2, 0) is 6.54 Å². The average molecular weight is 282 g/mol. The second-order valence-corrected chi connectivity index (χ2v) is 5.23. The maximum absolute atomic E-state index is 5.89. The van der Waals surface area contributed by atoms with E-state index >= 15 is 0 Å². The molecule has 0 bridgehead atoms. The topological polar surface area (TPSA) is 42.1 Å². The van der Waals surface area contributed by atoms with Gasteiger partial charge in [-0.15, -0.1) is 11.3 Å². The molecular formula is C13H16ClN3S. The molecule has 0 fully saturated rings. The molecule has 0 radical (unpaired) electrons. The molecule has 3 nitrogen and oxygen atoms in total. The summed E-state index contributed by atoms with van der Waals surface area (Å²) in [7, 11) is 0. The molecule has 0 saturated carbocycles. The number of hydrogen-bond acceptors (Lipinski definition) is 4. The lowest BCUT2D eigenvalue weighted by atomic mass is 10.2.